The second-order valence-electron chi connectivity index (χ2n) is 5.02. The normalized spacial score (nSPS) is 10.9. The standard InChI is InChI=1S/C16H19F2N3/c1-4-19-9-15-10(2)20-16(21-11(15)3)7-12-5-13(17)8-14(18)6-12/h5-6,8,19H,4,7,9H2,1-3H3. The van der Waals surface area contributed by atoms with Crippen molar-refractivity contribution >= 4 is 0 Å². The predicted octanol–water partition coefficient (Wildman–Crippen LogP) is 3.07. The summed E-state index contributed by atoms with van der Waals surface area (Å²) in [5.41, 5.74) is 3.41. The highest BCUT2D eigenvalue weighted by atomic mass is 19.1. The Hall–Kier alpha value is -1.88. The van der Waals surface area contributed by atoms with E-state index in [-0.39, 0.29) is 0 Å². The lowest BCUT2D eigenvalue weighted by Gasteiger charge is -2.11. The van der Waals surface area contributed by atoms with Crippen LogP contribution in [0.4, 0.5) is 8.78 Å². The fourth-order valence-corrected chi connectivity index (χ4v) is 2.29. The topological polar surface area (TPSA) is 37.8 Å². The molecule has 3 nitrogen and oxygen atoms in total. The van der Waals surface area contributed by atoms with Gasteiger partial charge in [0.2, 0.25) is 0 Å². The van der Waals surface area contributed by atoms with Crippen LogP contribution in [0, 0.1) is 25.5 Å². The molecule has 0 saturated heterocycles. The molecule has 0 aliphatic rings. The van der Waals surface area contributed by atoms with Crippen molar-refractivity contribution in [3.63, 3.8) is 0 Å². The Morgan fingerprint density at radius 1 is 1.00 bits per heavy atom. The molecule has 21 heavy (non-hydrogen) atoms. The highest BCUT2D eigenvalue weighted by molar-refractivity contribution is 5.27. The lowest BCUT2D eigenvalue weighted by Crippen LogP contribution is -2.16. The van der Waals surface area contributed by atoms with E-state index in [4.69, 9.17) is 0 Å². The van der Waals surface area contributed by atoms with Gasteiger partial charge in [-0.3, -0.25) is 0 Å². The third-order valence-electron chi connectivity index (χ3n) is 3.30. The van der Waals surface area contributed by atoms with E-state index in [9.17, 15) is 8.78 Å². The summed E-state index contributed by atoms with van der Waals surface area (Å²) in [6.45, 7) is 7.50. The van der Waals surface area contributed by atoms with Gasteiger partial charge in [0.05, 0.1) is 0 Å². The smallest absolute Gasteiger partial charge is 0.133 e. The average Bonchev–Trinajstić information content (AvgIpc) is 2.36. The Morgan fingerprint density at radius 3 is 2.10 bits per heavy atom. The van der Waals surface area contributed by atoms with Crippen LogP contribution in [0.15, 0.2) is 18.2 Å². The van der Waals surface area contributed by atoms with E-state index in [1.807, 2.05) is 20.8 Å². The minimum absolute atomic E-state index is 0.317. The van der Waals surface area contributed by atoms with Crippen molar-refractivity contribution in [1.29, 1.82) is 0 Å². The SMILES string of the molecule is CCNCc1c(C)nc(Cc2cc(F)cc(F)c2)nc1C. The summed E-state index contributed by atoms with van der Waals surface area (Å²) in [6.07, 6.45) is 0.317. The largest absolute Gasteiger partial charge is 0.313 e. The summed E-state index contributed by atoms with van der Waals surface area (Å²) >= 11 is 0. The highest BCUT2D eigenvalue weighted by Gasteiger charge is 2.10. The van der Waals surface area contributed by atoms with Gasteiger partial charge in [-0.1, -0.05) is 6.92 Å². The molecule has 1 heterocycles. The van der Waals surface area contributed by atoms with Gasteiger partial charge in [0.25, 0.3) is 0 Å². The Balaban J connectivity index is 2.25. The van der Waals surface area contributed by atoms with Crippen molar-refractivity contribution in [3.05, 3.63) is 58.2 Å². The fraction of sp³-hybridized carbons (Fsp3) is 0.375. The monoisotopic (exact) mass is 291 g/mol. The molecule has 1 aromatic carbocycles. The Morgan fingerprint density at radius 2 is 1.57 bits per heavy atom. The Bertz CT molecular complexity index is 598. The molecule has 0 spiro atoms. The summed E-state index contributed by atoms with van der Waals surface area (Å²) < 4.78 is 26.4. The van der Waals surface area contributed by atoms with E-state index in [0.717, 1.165) is 36.1 Å². The predicted molar refractivity (Wildman–Crippen MR) is 78.1 cm³/mol. The molecule has 5 heteroatoms. The average molecular weight is 291 g/mol. The van der Waals surface area contributed by atoms with Crippen molar-refractivity contribution in [2.24, 2.45) is 0 Å². The molecular weight excluding hydrogens is 272 g/mol. The first kappa shape index (κ1) is 15.5. The molecule has 0 aliphatic carbocycles. The van der Waals surface area contributed by atoms with E-state index in [1.165, 1.54) is 12.1 Å². The molecule has 0 atom stereocenters. The molecule has 0 unspecified atom stereocenters. The van der Waals surface area contributed by atoms with Crippen LogP contribution < -0.4 is 5.32 Å². The van der Waals surface area contributed by atoms with Crippen LogP contribution in [-0.4, -0.2) is 16.5 Å². The zero-order chi connectivity index (χ0) is 15.4. The minimum Gasteiger partial charge on any atom is -0.313 e. The zero-order valence-corrected chi connectivity index (χ0v) is 12.5. The maximum absolute atomic E-state index is 13.2. The van der Waals surface area contributed by atoms with E-state index in [1.54, 1.807) is 0 Å². The molecule has 0 aliphatic heterocycles. The Labute approximate surface area is 123 Å². The van der Waals surface area contributed by atoms with Crippen molar-refractivity contribution in [1.82, 2.24) is 15.3 Å². The van der Waals surface area contributed by atoms with E-state index in [0.29, 0.717) is 17.8 Å². The van der Waals surface area contributed by atoms with E-state index in [2.05, 4.69) is 15.3 Å². The molecule has 0 bridgehead atoms. The van der Waals surface area contributed by atoms with Gasteiger partial charge in [-0.2, -0.15) is 0 Å². The second kappa shape index (κ2) is 6.72. The molecule has 2 aromatic rings. The zero-order valence-electron chi connectivity index (χ0n) is 12.5. The van der Waals surface area contributed by atoms with Crippen LogP contribution in [0.1, 0.15) is 35.3 Å². The van der Waals surface area contributed by atoms with Crippen molar-refractivity contribution in [3.8, 4) is 0 Å². The first-order valence-electron chi connectivity index (χ1n) is 6.98. The van der Waals surface area contributed by atoms with Crippen molar-refractivity contribution < 1.29 is 8.78 Å². The van der Waals surface area contributed by atoms with Gasteiger partial charge in [0, 0.05) is 36.0 Å². The second-order valence-corrected chi connectivity index (χ2v) is 5.02. The van der Waals surface area contributed by atoms with E-state index < -0.39 is 11.6 Å². The fourth-order valence-electron chi connectivity index (χ4n) is 2.29. The van der Waals surface area contributed by atoms with Crippen molar-refractivity contribution in [2.75, 3.05) is 6.54 Å². The molecule has 0 amide bonds. The number of halogens is 2. The van der Waals surface area contributed by atoms with Gasteiger partial charge in [-0.25, -0.2) is 18.7 Å². The van der Waals surface area contributed by atoms with Crippen LogP contribution in [-0.2, 0) is 13.0 Å². The molecular formula is C16H19F2N3. The van der Waals surface area contributed by atoms with Gasteiger partial charge in [-0.05, 0) is 38.1 Å². The summed E-state index contributed by atoms with van der Waals surface area (Å²) in [5.74, 6) is -0.584. The molecule has 2 rings (SSSR count). The highest BCUT2D eigenvalue weighted by Crippen LogP contribution is 2.14. The Kier molecular flexibility index (Phi) is 4.96. The van der Waals surface area contributed by atoms with Crippen LogP contribution >= 0.6 is 0 Å². The van der Waals surface area contributed by atoms with Gasteiger partial charge >= 0.3 is 0 Å². The summed E-state index contributed by atoms with van der Waals surface area (Å²) in [6, 6.07) is 3.48. The lowest BCUT2D eigenvalue weighted by molar-refractivity contribution is 0.580. The van der Waals surface area contributed by atoms with Crippen LogP contribution in [0.25, 0.3) is 0 Å². The number of hydrogen-bond donors (Lipinski definition) is 1. The number of nitrogens with zero attached hydrogens (tertiary/aromatic N) is 2. The van der Waals surface area contributed by atoms with Gasteiger partial charge in [0.15, 0.2) is 0 Å². The first-order chi connectivity index (χ1) is 9.99. The molecule has 0 saturated carbocycles. The molecule has 1 aromatic heterocycles. The van der Waals surface area contributed by atoms with Crippen LogP contribution in [0.2, 0.25) is 0 Å². The van der Waals surface area contributed by atoms with Crippen LogP contribution in [0.5, 0.6) is 0 Å². The molecule has 112 valence electrons. The quantitative estimate of drug-likeness (QED) is 0.920. The minimum atomic E-state index is -0.581. The number of hydrogen-bond acceptors (Lipinski definition) is 3. The first-order valence-corrected chi connectivity index (χ1v) is 6.98. The maximum atomic E-state index is 13.2. The summed E-state index contributed by atoms with van der Waals surface area (Å²) in [7, 11) is 0. The third-order valence-corrected chi connectivity index (χ3v) is 3.30. The third kappa shape index (κ3) is 4.04. The summed E-state index contributed by atoms with van der Waals surface area (Å²) in [5, 5.41) is 3.25. The van der Waals surface area contributed by atoms with Crippen molar-refractivity contribution in [2.45, 2.75) is 33.7 Å². The summed E-state index contributed by atoms with van der Waals surface area (Å²) in [4.78, 5) is 8.89. The molecule has 0 radical (unpaired) electrons. The number of rotatable bonds is 5. The lowest BCUT2D eigenvalue weighted by atomic mass is 10.1. The number of aryl methyl sites for hydroxylation is 2. The van der Waals surface area contributed by atoms with Gasteiger partial charge in [0.1, 0.15) is 17.5 Å². The van der Waals surface area contributed by atoms with Gasteiger partial charge in [-0.15, -0.1) is 0 Å². The molecule has 0 fully saturated rings. The van der Waals surface area contributed by atoms with Crippen LogP contribution in [0.3, 0.4) is 0 Å². The number of nitrogens with one attached hydrogen (secondary N) is 1. The molecule has 1 N–H and O–H groups in total. The number of benzene rings is 1. The number of aromatic nitrogens is 2. The van der Waals surface area contributed by atoms with E-state index >= 15 is 0 Å². The maximum Gasteiger partial charge on any atom is 0.133 e. The van der Waals surface area contributed by atoms with Gasteiger partial charge < -0.3 is 5.32 Å².